The smallest absolute Gasteiger partial charge is 0.356 e. The van der Waals surface area contributed by atoms with Gasteiger partial charge in [0.1, 0.15) is 24.2 Å². The highest BCUT2D eigenvalue weighted by Crippen LogP contribution is 2.37. The molecule has 13 heteroatoms. The Morgan fingerprint density at radius 3 is 2.56 bits per heavy atom. The molecule has 2 heterocycles. The molecule has 10 nitrogen and oxygen atoms in total. The number of nitrogens with one attached hydrogen (secondary N) is 1. The fourth-order valence-corrected chi connectivity index (χ4v) is 3.56. The number of fused-ring (bicyclic) bond motifs is 1. The SMILES string of the molecule is COc1cc(Cl)c(-n2c(=O)[nH]c3c(C(=O)O)ncnc32)cc1OCc1c(OC)ccc(F)c1F. The Morgan fingerprint density at radius 1 is 1.15 bits per heavy atom. The van der Waals surface area contributed by atoms with Crippen molar-refractivity contribution in [2.45, 2.75) is 6.61 Å². The second-order valence-corrected chi connectivity index (χ2v) is 7.18. The number of halogens is 3. The van der Waals surface area contributed by atoms with Gasteiger partial charge in [0, 0.05) is 12.1 Å². The largest absolute Gasteiger partial charge is 0.496 e. The number of H-pyrrole nitrogens is 1. The molecule has 0 bridgehead atoms. The van der Waals surface area contributed by atoms with Crippen molar-refractivity contribution in [3.05, 3.63) is 69.0 Å². The number of rotatable bonds is 7. The van der Waals surface area contributed by atoms with Gasteiger partial charge in [-0.1, -0.05) is 11.6 Å². The zero-order valence-corrected chi connectivity index (χ0v) is 18.3. The van der Waals surface area contributed by atoms with Crippen molar-refractivity contribution in [3.8, 4) is 22.9 Å². The van der Waals surface area contributed by atoms with Gasteiger partial charge in [0.25, 0.3) is 0 Å². The number of aromatic carboxylic acids is 1. The average molecular weight is 493 g/mol. The summed E-state index contributed by atoms with van der Waals surface area (Å²) in [5, 5.41) is 9.37. The minimum absolute atomic E-state index is 0.0291. The van der Waals surface area contributed by atoms with Crippen LogP contribution in [0.3, 0.4) is 0 Å². The fourth-order valence-electron chi connectivity index (χ4n) is 3.32. The summed E-state index contributed by atoms with van der Waals surface area (Å²) in [4.78, 5) is 34.2. The molecule has 0 saturated heterocycles. The summed E-state index contributed by atoms with van der Waals surface area (Å²) in [5.41, 5.74) is -1.42. The number of hydrogen-bond donors (Lipinski definition) is 2. The van der Waals surface area contributed by atoms with Crippen molar-refractivity contribution in [1.82, 2.24) is 19.5 Å². The van der Waals surface area contributed by atoms with Crippen LogP contribution in [0.1, 0.15) is 16.1 Å². The van der Waals surface area contributed by atoms with E-state index < -0.39 is 35.6 Å². The molecule has 0 aliphatic carbocycles. The number of carboxylic acids is 1. The number of benzene rings is 2. The van der Waals surface area contributed by atoms with Crippen molar-refractivity contribution in [2.75, 3.05) is 14.2 Å². The van der Waals surface area contributed by atoms with Gasteiger partial charge >= 0.3 is 11.7 Å². The normalized spacial score (nSPS) is 11.0. The Morgan fingerprint density at radius 2 is 1.88 bits per heavy atom. The lowest BCUT2D eigenvalue weighted by molar-refractivity contribution is 0.0692. The topological polar surface area (TPSA) is 129 Å². The van der Waals surface area contributed by atoms with Crippen LogP contribution in [0.5, 0.6) is 17.2 Å². The number of carboxylic acid groups (broad SMARTS) is 1. The van der Waals surface area contributed by atoms with Crippen LogP contribution in [0.15, 0.2) is 35.4 Å². The van der Waals surface area contributed by atoms with E-state index in [2.05, 4.69) is 15.0 Å². The maximum absolute atomic E-state index is 14.3. The van der Waals surface area contributed by atoms with Crippen LogP contribution in [0.25, 0.3) is 16.9 Å². The fraction of sp³-hybridized carbons (Fsp3) is 0.143. The van der Waals surface area contributed by atoms with Crippen LogP contribution in [0, 0.1) is 11.6 Å². The van der Waals surface area contributed by atoms with Crippen LogP contribution in [0.4, 0.5) is 8.78 Å². The van der Waals surface area contributed by atoms with Crippen molar-refractivity contribution in [3.63, 3.8) is 0 Å². The second kappa shape index (κ2) is 8.98. The van der Waals surface area contributed by atoms with Gasteiger partial charge in [-0.05, 0) is 12.1 Å². The Hall–Kier alpha value is -4.19. The highest BCUT2D eigenvalue weighted by Gasteiger charge is 2.22. The number of imidazole rings is 1. The molecule has 0 amide bonds. The minimum atomic E-state index is -1.36. The summed E-state index contributed by atoms with van der Waals surface area (Å²) in [5.74, 6) is -3.35. The highest BCUT2D eigenvalue weighted by molar-refractivity contribution is 6.32. The van der Waals surface area contributed by atoms with Crippen molar-refractivity contribution in [2.24, 2.45) is 0 Å². The van der Waals surface area contributed by atoms with Crippen LogP contribution in [-0.2, 0) is 6.61 Å². The molecule has 2 aromatic carbocycles. The molecule has 0 atom stereocenters. The maximum atomic E-state index is 14.3. The zero-order chi connectivity index (χ0) is 24.6. The molecular weight excluding hydrogens is 478 g/mol. The van der Waals surface area contributed by atoms with Crippen LogP contribution < -0.4 is 19.9 Å². The Bertz CT molecular complexity index is 1490. The van der Waals surface area contributed by atoms with Crippen LogP contribution >= 0.6 is 11.6 Å². The van der Waals surface area contributed by atoms with E-state index in [-0.39, 0.29) is 44.7 Å². The molecule has 2 aromatic heterocycles. The van der Waals surface area contributed by atoms with Gasteiger partial charge in [-0.15, -0.1) is 0 Å². The summed E-state index contributed by atoms with van der Waals surface area (Å²) in [6.07, 6.45) is 0.989. The molecule has 4 rings (SSSR count). The third-order valence-corrected chi connectivity index (χ3v) is 5.20. The number of hydrogen-bond acceptors (Lipinski definition) is 7. The predicted molar refractivity (Wildman–Crippen MR) is 115 cm³/mol. The molecule has 34 heavy (non-hydrogen) atoms. The van der Waals surface area contributed by atoms with E-state index in [4.69, 9.17) is 25.8 Å². The molecule has 176 valence electrons. The summed E-state index contributed by atoms with van der Waals surface area (Å²) < 4.78 is 45.1. The lowest BCUT2D eigenvalue weighted by atomic mass is 10.2. The lowest BCUT2D eigenvalue weighted by Gasteiger charge is -2.16. The summed E-state index contributed by atoms with van der Waals surface area (Å²) >= 11 is 6.36. The van der Waals surface area contributed by atoms with Crippen molar-refractivity contribution >= 4 is 28.7 Å². The lowest BCUT2D eigenvalue weighted by Crippen LogP contribution is -2.15. The Labute approximate surface area is 194 Å². The third kappa shape index (κ3) is 3.88. The molecule has 0 fully saturated rings. The first-order valence-electron chi connectivity index (χ1n) is 9.47. The molecule has 0 spiro atoms. The van der Waals surface area contributed by atoms with Gasteiger partial charge in [-0.2, -0.15) is 0 Å². The van der Waals surface area contributed by atoms with Gasteiger partial charge in [-0.3, -0.25) is 0 Å². The number of methoxy groups -OCH3 is 2. The van der Waals surface area contributed by atoms with E-state index in [1.165, 1.54) is 32.4 Å². The quantitative estimate of drug-likeness (QED) is 0.402. The molecule has 0 aliphatic rings. The van der Waals surface area contributed by atoms with E-state index in [0.29, 0.717) is 0 Å². The molecule has 2 N–H and O–H groups in total. The summed E-state index contributed by atoms with van der Waals surface area (Å²) in [6, 6.07) is 4.85. The molecule has 0 radical (unpaired) electrons. The van der Waals surface area contributed by atoms with E-state index in [1.807, 2.05) is 0 Å². The standard InChI is InChI=1S/C21H15ClF2N4O6/c1-32-13-4-3-11(23)16(24)9(13)7-34-15-6-12(10(22)5-14(15)33-2)28-19-17(27-21(28)31)18(20(29)30)25-8-26-19/h3-6,8H,7H2,1-2H3,(H,27,31)(H,29,30). The van der Waals surface area contributed by atoms with Crippen LogP contribution in [0.2, 0.25) is 5.02 Å². The first kappa shape index (κ1) is 23.0. The predicted octanol–water partition coefficient (Wildman–Crippen LogP) is 3.33. The third-order valence-electron chi connectivity index (χ3n) is 4.90. The first-order chi connectivity index (χ1) is 16.3. The number of nitrogens with zero attached hydrogens (tertiary/aromatic N) is 3. The molecule has 0 unspecified atom stereocenters. The Balaban J connectivity index is 1.82. The molecule has 0 saturated carbocycles. The highest BCUT2D eigenvalue weighted by atomic mass is 35.5. The van der Waals surface area contributed by atoms with Crippen molar-refractivity contribution < 1.29 is 32.9 Å². The van der Waals surface area contributed by atoms with Crippen molar-refractivity contribution in [1.29, 1.82) is 0 Å². The minimum Gasteiger partial charge on any atom is -0.496 e. The maximum Gasteiger partial charge on any atom is 0.356 e. The van der Waals surface area contributed by atoms with Gasteiger partial charge in [0.2, 0.25) is 0 Å². The monoisotopic (exact) mass is 492 g/mol. The zero-order valence-electron chi connectivity index (χ0n) is 17.6. The summed E-state index contributed by atoms with van der Waals surface area (Å²) in [6.45, 7) is -0.446. The van der Waals surface area contributed by atoms with E-state index in [1.54, 1.807) is 0 Å². The average Bonchev–Trinajstić information content (AvgIpc) is 3.15. The van der Waals surface area contributed by atoms with Gasteiger partial charge in [0.15, 0.2) is 34.5 Å². The second-order valence-electron chi connectivity index (χ2n) is 6.78. The number of ether oxygens (including phenoxy) is 3. The Kier molecular flexibility index (Phi) is 6.07. The molecule has 0 aliphatic heterocycles. The first-order valence-corrected chi connectivity index (χ1v) is 9.85. The number of aromatic amines is 1. The van der Waals surface area contributed by atoms with E-state index in [0.717, 1.165) is 17.0 Å². The number of carbonyl (C=O) groups is 1. The van der Waals surface area contributed by atoms with E-state index in [9.17, 15) is 23.5 Å². The van der Waals surface area contributed by atoms with Gasteiger partial charge < -0.3 is 24.3 Å². The number of aromatic nitrogens is 4. The van der Waals surface area contributed by atoms with E-state index >= 15 is 0 Å². The summed E-state index contributed by atoms with van der Waals surface area (Å²) in [7, 11) is 2.64. The van der Waals surface area contributed by atoms with Gasteiger partial charge in [0.05, 0.1) is 30.5 Å². The molecule has 4 aromatic rings. The molecular formula is C21H15ClF2N4O6. The van der Waals surface area contributed by atoms with Gasteiger partial charge in [-0.25, -0.2) is 32.9 Å². The van der Waals surface area contributed by atoms with Crippen LogP contribution in [-0.4, -0.2) is 44.8 Å².